The van der Waals surface area contributed by atoms with Crippen molar-refractivity contribution in [3.05, 3.63) is 53.7 Å². The second-order valence-corrected chi connectivity index (χ2v) is 8.38. The molecule has 182 valence electrons. The van der Waals surface area contributed by atoms with Crippen LogP contribution in [0.25, 0.3) is 5.65 Å². The van der Waals surface area contributed by atoms with Crippen LogP contribution in [0, 0.1) is 13.8 Å². The van der Waals surface area contributed by atoms with Gasteiger partial charge in [0, 0.05) is 30.7 Å². The summed E-state index contributed by atoms with van der Waals surface area (Å²) in [6.07, 6.45) is -1.35. The summed E-state index contributed by atoms with van der Waals surface area (Å²) in [5, 5.41) is 6.52. The summed E-state index contributed by atoms with van der Waals surface area (Å²) in [5.41, 5.74) is -1.39. The first-order valence-corrected chi connectivity index (χ1v) is 11.3. The lowest BCUT2D eigenvalue weighted by Crippen LogP contribution is -2.18. The molecule has 4 heterocycles. The molecule has 34 heavy (non-hydrogen) atoms. The fourth-order valence-electron chi connectivity index (χ4n) is 2.87. The normalized spacial score (nSPS) is 11.7. The van der Waals surface area contributed by atoms with Crippen molar-refractivity contribution in [2.75, 3.05) is 11.8 Å². The standard InChI is InChI=1S/C14H16F3N7O3S.C5H5N/c1-5-23-8(3)10(11(20-23)14(15,16)17)22-28(25,26)12-19-9-6-7(2)18-13(27-4)24(9)21-12;1-2-4-6-5-3-1/h6,22H,5H2,1-4H3;1-5H. The van der Waals surface area contributed by atoms with Crippen molar-refractivity contribution in [2.24, 2.45) is 0 Å². The van der Waals surface area contributed by atoms with Crippen molar-refractivity contribution in [1.29, 1.82) is 0 Å². The molecular weight excluding hydrogens is 477 g/mol. The van der Waals surface area contributed by atoms with E-state index in [-0.39, 0.29) is 23.9 Å². The molecule has 0 bridgehead atoms. The topological polar surface area (TPSA) is 129 Å². The van der Waals surface area contributed by atoms with E-state index in [1.165, 1.54) is 20.1 Å². The SMILES string of the molecule is CCn1nc(C(F)(F)F)c(NS(=O)(=O)c2nc3cc(C)nc(OC)n3n2)c1C.c1ccncc1. The van der Waals surface area contributed by atoms with Crippen LogP contribution in [0.3, 0.4) is 0 Å². The van der Waals surface area contributed by atoms with Crippen molar-refractivity contribution in [3.8, 4) is 6.01 Å². The van der Waals surface area contributed by atoms with Crippen LogP contribution in [0.4, 0.5) is 18.9 Å². The van der Waals surface area contributed by atoms with Crippen molar-refractivity contribution in [1.82, 2.24) is 34.3 Å². The maximum absolute atomic E-state index is 13.3. The zero-order valence-electron chi connectivity index (χ0n) is 18.6. The number of aromatic nitrogens is 7. The van der Waals surface area contributed by atoms with Gasteiger partial charge in [0.25, 0.3) is 15.2 Å². The van der Waals surface area contributed by atoms with Gasteiger partial charge in [-0.3, -0.25) is 14.4 Å². The van der Waals surface area contributed by atoms with Crippen LogP contribution in [0.5, 0.6) is 6.01 Å². The second kappa shape index (κ2) is 9.62. The molecule has 0 saturated carbocycles. The van der Waals surface area contributed by atoms with E-state index in [1.54, 1.807) is 26.2 Å². The average molecular weight is 498 g/mol. The largest absolute Gasteiger partial charge is 0.467 e. The molecule has 0 spiro atoms. The number of halogens is 3. The first-order valence-electron chi connectivity index (χ1n) is 9.78. The molecular formula is C19H21F3N8O3S. The van der Waals surface area contributed by atoms with Gasteiger partial charge in [-0.1, -0.05) is 6.07 Å². The summed E-state index contributed by atoms with van der Waals surface area (Å²) >= 11 is 0. The fraction of sp³-hybridized carbons (Fsp3) is 0.316. The molecule has 0 atom stereocenters. The minimum atomic E-state index is -4.85. The number of pyridine rings is 1. The van der Waals surface area contributed by atoms with E-state index in [4.69, 9.17) is 4.74 Å². The molecule has 0 aliphatic rings. The van der Waals surface area contributed by atoms with Crippen LogP contribution in [-0.4, -0.2) is 49.9 Å². The smallest absolute Gasteiger partial charge is 0.437 e. The third-order valence-corrected chi connectivity index (χ3v) is 5.53. The van der Waals surface area contributed by atoms with E-state index in [0.29, 0.717) is 5.69 Å². The summed E-state index contributed by atoms with van der Waals surface area (Å²) in [7, 11) is -3.23. The number of alkyl halides is 3. The minimum Gasteiger partial charge on any atom is -0.467 e. The molecule has 4 aromatic heterocycles. The van der Waals surface area contributed by atoms with Gasteiger partial charge in [-0.05, 0) is 32.9 Å². The van der Waals surface area contributed by atoms with Crippen LogP contribution in [0.15, 0.2) is 41.8 Å². The zero-order chi connectivity index (χ0) is 25.1. The van der Waals surface area contributed by atoms with Crippen LogP contribution >= 0.6 is 0 Å². The molecule has 0 aromatic carbocycles. The summed E-state index contributed by atoms with van der Waals surface area (Å²) in [6, 6.07) is 7.15. The fourth-order valence-corrected chi connectivity index (χ4v) is 3.88. The van der Waals surface area contributed by atoms with Crippen LogP contribution in [0.2, 0.25) is 0 Å². The monoisotopic (exact) mass is 498 g/mol. The maximum Gasteiger partial charge on any atom is 0.437 e. The van der Waals surface area contributed by atoms with Gasteiger partial charge in [0.15, 0.2) is 11.3 Å². The van der Waals surface area contributed by atoms with E-state index < -0.39 is 32.7 Å². The Morgan fingerprint density at radius 3 is 2.26 bits per heavy atom. The molecule has 0 fully saturated rings. The predicted octanol–water partition coefficient (Wildman–Crippen LogP) is 2.87. The van der Waals surface area contributed by atoms with Gasteiger partial charge in [-0.25, -0.2) is 4.98 Å². The first kappa shape index (κ1) is 24.9. The highest BCUT2D eigenvalue weighted by molar-refractivity contribution is 7.92. The van der Waals surface area contributed by atoms with Crippen molar-refractivity contribution in [3.63, 3.8) is 0 Å². The molecule has 0 saturated heterocycles. The Labute approximate surface area is 192 Å². The highest BCUT2D eigenvalue weighted by Gasteiger charge is 2.40. The highest BCUT2D eigenvalue weighted by atomic mass is 32.2. The third kappa shape index (κ3) is 5.24. The van der Waals surface area contributed by atoms with E-state index in [2.05, 4.69) is 25.1 Å². The number of hydrogen-bond donors (Lipinski definition) is 1. The summed E-state index contributed by atoms with van der Waals surface area (Å²) in [6.45, 7) is 4.69. The number of nitrogens with zero attached hydrogens (tertiary/aromatic N) is 7. The molecule has 0 unspecified atom stereocenters. The van der Waals surface area contributed by atoms with E-state index in [0.717, 1.165) is 9.20 Å². The molecule has 4 aromatic rings. The number of ether oxygens (including phenoxy) is 1. The third-order valence-electron chi connectivity index (χ3n) is 4.40. The molecule has 0 aliphatic heterocycles. The van der Waals surface area contributed by atoms with Crippen molar-refractivity contribution < 1.29 is 26.3 Å². The molecule has 0 amide bonds. The van der Waals surface area contributed by atoms with E-state index >= 15 is 0 Å². The Morgan fingerprint density at radius 2 is 1.76 bits per heavy atom. The van der Waals surface area contributed by atoms with Gasteiger partial charge >= 0.3 is 12.2 Å². The first-order chi connectivity index (χ1) is 16.0. The Morgan fingerprint density at radius 1 is 1.09 bits per heavy atom. The Balaban J connectivity index is 0.000000469. The number of fused-ring (bicyclic) bond motifs is 1. The number of sulfonamides is 1. The number of methoxy groups -OCH3 is 1. The Kier molecular flexibility index (Phi) is 7.04. The van der Waals surface area contributed by atoms with Crippen LogP contribution in [-0.2, 0) is 22.7 Å². The molecule has 0 radical (unpaired) electrons. The van der Waals surface area contributed by atoms with Crippen molar-refractivity contribution >= 4 is 21.4 Å². The number of aryl methyl sites for hydroxylation is 2. The Hall–Kier alpha value is -3.75. The average Bonchev–Trinajstić information content (AvgIpc) is 3.36. The second-order valence-electron chi connectivity index (χ2n) is 6.80. The van der Waals surface area contributed by atoms with Crippen LogP contribution in [0.1, 0.15) is 24.0 Å². The number of hydrogen-bond acceptors (Lipinski definition) is 8. The summed E-state index contributed by atoms with van der Waals surface area (Å²) < 4.78 is 74.3. The number of anilines is 1. The maximum atomic E-state index is 13.3. The lowest BCUT2D eigenvalue weighted by atomic mass is 10.3. The van der Waals surface area contributed by atoms with Gasteiger partial charge in [-0.15, -0.1) is 5.10 Å². The molecule has 15 heteroatoms. The van der Waals surface area contributed by atoms with Gasteiger partial charge in [0.2, 0.25) is 0 Å². The number of nitrogens with one attached hydrogen (secondary N) is 1. The van der Waals surface area contributed by atoms with Crippen molar-refractivity contribution in [2.45, 2.75) is 38.6 Å². The van der Waals surface area contributed by atoms with E-state index in [1.807, 2.05) is 22.9 Å². The summed E-state index contributed by atoms with van der Waals surface area (Å²) in [5.74, 6) is 0. The lowest BCUT2D eigenvalue weighted by molar-refractivity contribution is -0.140. The van der Waals surface area contributed by atoms with Gasteiger partial charge in [0.05, 0.1) is 12.8 Å². The quantitative estimate of drug-likeness (QED) is 0.445. The zero-order valence-corrected chi connectivity index (χ0v) is 19.4. The minimum absolute atomic E-state index is 0.0113. The van der Waals surface area contributed by atoms with Gasteiger partial charge < -0.3 is 4.74 Å². The number of rotatable bonds is 5. The Bertz CT molecular complexity index is 1360. The summed E-state index contributed by atoms with van der Waals surface area (Å²) in [4.78, 5) is 11.7. The lowest BCUT2D eigenvalue weighted by Gasteiger charge is -2.08. The predicted molar refractivity (Wildman–Crippen MR) is 115 cm³/mol. The molecule has 11 nitrogen and oxygen atoms in total. The molecule has 4 rings (SSSR count). The highest BCUT2D eigenvalue weighted by Crippen LogP contribution is 2.36. The van der Waals surface area contributed by atoms with Gasteiger partial charge in [-0.2, -0.15) is 36.2 Å². The van der Waals surface area contributed by atoms with Gasteiger partial charge in [0.1, 0.15) is 5.69 Å². The van der Waals surface area contributed by atoms with E-state index in [9.17, 15) is 21.6 Å². The molecule has 1 N–H and O–H groups in total. The van der Waals surface area contributed by atoms with Crippen LogP contribution < -0.4 is 9.46 Å². The molecule has 0 aliphatic carbocycles.